The van der Waals surface area contributed by atoms with Crippen LogP contribution in [0.25, 0.3) is 0 Å². The maximum atomic E-state index is 13.5. The van der Waals surface area contributed by atoms with E-state index in [0.29, 0.717) is 5.78 Å². The Kier molecular flexibility index (Phi) is 2.84. The molecule has 4 fully saturated rings. The van der Waals surface area contributed by atoms with Crippen LogP contribution in [-0.2, 0) is 4.79 Å². The summed E-state index contributed by atoms with van der Waals surface area (Å²) in [4.78, 5) is 13.5. The van der Waals surface area contributed by atoms with Gasteiger partial charge in [0.15, 0.2) is 0 Å². The molecule has 4 saturated carbocycles. The molecule has 2 nitrogen and oxygen atoms in total. The monoisotopic (exact) mass is 359 g/mol. The van der Waals surface area contributed by atoms with Crippen LogP contribution in [0.1, 0.15) is 50.0 Å². The Labute approximate surface area is 140 Å². The highest BCUT2D eigenvalue weighted by Crippen LogP contribution is 2.61. The maximum Gasteiger partial charge on any atom is 0.148 e. The fourth-order valence-electron chi connectivity index (χ4n) is 6.32. The van der Waals surface area contributed by atoms with Crippen LogP contribution in [0.5, 0.6) is 0 Å². The van der Waals surface area contributed by atoms with Gasteiger partial charge in [-0.1, -0.05) is 15.9 Å². The molecule has 1 unspecified atom stereocenters. The minimum absolute atomic E-state index is 0.0189. The predicted octanol–water partition coefficient (Wildman–Crippen LogP) is 4.74. The lowest BCUT2D eigenvalue weighted by Gasteiger charge is -2.56. The van der Waals surface area contributed by atoms with Crippen LogP contribution in [0.15, 0.2) is 22.7 Å². The summed E-state index contributed by atoms with van der Waals surface area (Å²) in [5.41, 5.74) is 2.40. The van der Waals surface area contributed by atoms with Crippen molar-refractivity contribution in [1.29, 1.82) is 0 Å². The van der Waals surface area contributed by atoms with Gasteiger partial charge in [0.25, 0.3) is 0 Å². The number of anilines is 1. The van der Waals surface area contributed by atoms with Crippen LogP contribution < -0.4 is 5.32 Å². The van der Waals surface area contributed by atoms with E-state index in [0.717, 1.165) is 34.5 Å². The minimum atomic E-state index is 0.0189. The van der Waals surface area contributed by atoms with Crippen molar-refractivity contribution < 1.29 is 4.79 Å². The molecule has 1 N–H and O–H groups in total. The zero-order valence-electron chi connectivity index (χ0n) is 12.8. The number of carbonyl (C=O) groups is 1. The van der Waals surface area contributed by atoms with E-state index in [4.69, 9.17) is 0 Å². The Bertz CT molecular complexity index is 618. The molecule has 0 saturated heterocycles. The SMILES string of the molecule is O=C(C1CNc2ccc(Br)cc21)C12CC3CC(CC(C3)C1)C2. The van der Waals surface area contributed by atoms with E-state index in [1.54, 1.807) is 0 Å². The van der Waals surface area contributed by atoms with Crippen molar-refractivity contribution in [3.63, 3.8) is 0 Å². The second kappa shape index (κ2) is 4.59. The molecule has 4 aliphatic carbocycles. The van der Waals surface area contributed by atoms with Crippen LogP contribution >= 0.6 is 15.9 Å². The Morgan fingerprint density at radius 1 is 1.09 bits per heavy atom. The van der Waals surface area contributed by atoms with Gasteiger partial charge in [-0.15, -0.1) is 0 Å². The van der Waals surface area contributed by atoms with Gasteiger partial charge in [-0.2, -0.15) is 0 Å². The molecule has 1 atom stereocenters. The van der Waals surface area contributed by atoms with Crippen molar-refractivity contribution in [3.8, 4) is 0 Å². The quantitative estimate of drug-likeness (QED) is 0.825. The summed E-state index contributed by atoms with van der Waals surface area (Å²) < 4.78 is 1.08. The highest BCUT2D eigenvalue weighted by molar-refractivity contribution is 9.10. The summed E-state index contributed by atoms with van der Waals surface area (Å²) >= 11 is 3.57. The number of nitrogens with one attached hydrogen (secondary N) is 1. The first-order valence-corrected chi connectivity index (χ1v) is 9.50. The summed E-state index contributed by atoms with van der Waals surface area (Å²) in [6, 6.07) is 6.31. The van der Waals surface area contributed by atoms with Crippen molar-refractivity contribution >= 4 is 27.4 Å². The summed E-state index contributed by atoms with van der Waals surface area (Å²) in [5.74, 6) is 3.14. The van der Waals surface area contributed by atoms with Gasteiger partial charge in [0.05, 0.1) is 5.92 Å². The third-order valence-electron chi connectivity index (χ3n) is 6.76. The molecule has 1 heterocycles. The lowest BCUT2D eigenvalue weighted by molar-refractivity contribution is -0.145. The molecule has 116 valence electrons. The van der Waals surface area contributed by atoms with Gasteiger partial charge < -0.3 is 5.32 Å². The van der Waals surface area contributed by atoms with Gasteiger partial charge in [-0.25, -0.2) is 0 Å². The molecule has 0 spiro atoms. The van der Waals surface area contributed by atoms with Crippen LogP contribution in [0.3, 0.4) is 0 Å². The van der Waals surface area contributed by atoms with E-state index in [1.165, 1.54) is 44.1 Å². The van der Waals surface area contributed by atoms with Crippen LogP contribution in [0.4, 0.5) is 5.69 Å². The highest BCUT2D eigenvalue weighted by Gasteiger charge is 2.56. The zero-order chi connectivity index (χ0) is 14.9. The summed E-state index contributed by atoms with van der Waals surface area (Å²) in [5, 5.41) is 3.45. The number of benzene rings is 1. The van der Waals surface area contributed by atoms with Crippen molar-refractivity contribution in [2.24, 2.45) is 23.2 Å². The molecule has 1 aromatic carbocycles. The number of hydrogen-bond donors (Lipinski definition) is 1. The summed E-state index contributed by atoms with van der Waals surface area (Å²) in [6.45, 7) is 0.798. The molecule has 0 radical (unpaired) electrons. The lowest BCUT2D eigenvalue weighted by Crippen LogP contribution is -2.51. The number of Topliss-reactive ketones (excluding diaryl/α,β-unsaturated/α-hetero) is 1. The normalized spacial score (nSPS) is 41.3. The fraction of sp³-hybridized carbons (Fsp3) is 0.632. The number of ketones is 1. The Balaban J connectivity index is 1.50. The van der Waals surface area contributed by atoms with Gasteiger partial charge in [0, 0.05) is 22.1 Å². The number of halogens is 1. The van der Waals surface area contributed by atoms with E-state index in [1.807, 2.05) is 0 Å². The van der Waals surface area contributed by atoms with E-state index >= 15 is 0 Å². The third-order valence-corrected chi connectivity index (χ3v) is 7.26. The smallest absolute Gasteiger partial charge is 0.148 e. The maximum absolute atomic E-state index is 13.5. The number of carbonyl (C=O) groups excluding carboxylic acids is 1. The molecule has 0 aromatic heterocycles. The Morgan fingerprint density at radius 2 is 1.73 bits per heavy atom. The Morgan fingerprint density at radius 3 is 2.36 bits per heavy atom. The molecule has 1 aromatic rings. The van der Waals surface area contributed by atoms with Crippen molar-refractivity contribution in [1.82, 2.24) is 0 Å². The Hall–Kier alpha value is -0.830. The first-order valence-electron chi connectivity index (χ1n) is 8.71. The molecule has 1 aliphatic heterocycles. The number of rotatable bonds is 2. The van der Waals surface area contributed by atoms with E-state index in [-0.39, 0.29) is 11.3 Å². The molecular weight excluding hydrogens is 338 g/mol. The van der Waals surface area contributed by atoms with Crippen molar-refractivity contribution in [2.75, 3.05) is 11.9 Å². The van der Waals surface area contributed by atoms with Crippen molar-refractivity contribution in [3.05, 3.63) is 28.2 Å². The second-order valence-corrected chi connectivity index (χ2v) is 9.14. The molecular formula is C19H22BrNO. The largest absolute Gasteiger partial charge is 0.384 e. The second-order valence-electron chi connectivity index (χ2n) is 8.23. The van der Waals surface area contributed by atoms with E-state index in [9.17, 15) is 4.79 Å². The van der Waals surface area contributed by atoms with E-state index < -0.39 is 0 Å². The topological polar surface area (TPSA) is 29.1 Å². The molecule has 6 rings (SSSR count). The molecule has 5 aliphatic rings. The molecule has 0 amide bonds. The van der Waals surface area contributed by atoms with Crippen molar-refractivity contribution in [2.45, 2.75) is 44.4 Å². The minimum Gasteiger partial charge on any atom is -0.384 e. The number of fused-ring (bicyclic) bond motifs is 1. The standard InChI is InChI=1S/C19H22BrNO/c20-14-1-2-17-15(6-14)16(10-21-17)18(22)19-7-11-3-12(8-19)5-13(4-11)9-19/h1-2,6,11-13,16,21H,3-5,7-10H2. The average Bonchev–Trinajstić information content (AvgIpc) is 2.87. The number of hydrogen-bond acceptors (Lipinski definition) is 2. The van der Waals surface area contributed by atoms with Crippen LogP contribution in [0.2, 0.25) is 0 Å². The lowest BCUT2D eigenvalue weighted by atomic mass is 9.47. The summed E-state index contributed by atoms with van der Waals surface area (Å²) in [6.07, 6.45) is 7.74. The predicted molar refractivity (Wildman–Crippen MR) is 91.0 cm³/mol. The van der Waals surface area contributed by atoms with Gasteiger partial charge >= 0.3 is 0 Å². The summed E-state index contributed by atoms with van der Waals surface area (Å²) in [7, 11) is 0. The molecule has 3 heteroatoms. The highest BCUT2D eigenvalue weighted by atomic mass is 79.9. The van der Waals surface area contributed by atoms with Gasteiger partial charge in [-0.3, -0.25) is 4.79 Å². The zero-order valence-corrected chi connectivity index (χ0v) is 14.4. The molecule has 22 heavy (non-hydrogen) atoms. The average molecular weight is 360 g/mol. The first-order chi connectivity index (χ1) is 10.6. The van der Waals surface area contributed by atoms with Gasteiger partial charge in [-0.05, 0) is 80.0 Å². The van der Waals surface area contributed by atoms with Gasteiger partial charge in [0.1, 0.15) is 5.78 Å². The van der Waals surface area contributed by atoms with Crippen LogP contribution in [0, 0.1) is 23.2 Å². The molecule has 4 bridgehead atoms. The third kappa shape index (κ3) is 1.87. The van der Waals surface area contributed by atoms with Gasteiger partial charge in [0.2, 0.25) is 0 Å². The fourth-order valence-corrected chi connectivity index (χ4v) is 6.70. The van der Waals surface area contributed by atoms with Crippen LogP contribution in [-0.4, -0.2) is 12.3 Å². The first kappa shape index (κ1) is 13.6. The van der Waals surface area contributed by atoms with E-state index in [2.05, 4.69) is 39.4 Å².